The lowest BCUT2D eigenvalue weighted by atomic mass is 10.1. The normalized spacial score (nSPS) is 13.9. The average molecular weight is 294 g/mol. The van der Waals surface area contributed by atoms with Gasteiger partial charge in [0, 0.05) is 6.54 Å². The molecule has 0 rings (SSSR count). The Morgan fingerprint density at radius 2 is 2.16 bits per heavy atom. The van der Waals surface area contributed by atoms with E-state index in [4.69, 9.17) is 16.7 Å². The number of alkyl halides is 3. The Morgan fingerprint density at radius 3 is 2.53 bits per heavy atom. The summed E-state index contributed by atoms with van der Waals surface area (Å²) in [5, 5.41) is 9.00. The first-order valence-corrected chi connectivity index (χ1v) is 6.23. The summed E-state index contributed by atoms with van der Waals surface area (Å²) in [6.07, 6.45) is 3.74. The highest BCUT2D eigenvalue weighted by molar-refractivity contribution is 6.27. The number of hydrogen-bond acceptors (Lipinski definition) is 2. The first-order valence-electron chi connectivity index (χ1n) is 5.70. The molecule has 0 bridgehead atoms. The largest absolute Gasteiger partial charge is 0.394 e. The van der Waals surface area contributed by atoms with Gasteiger partial charge in [-0.3, -0.25) is 4.79 Å². The summed E-state index contributed by atoms with van der Waals surface area (Å²) in [6.45, 7) is 4.46. The fraction of sp³-hybridized carbons (Fsp3) is 0.462. The van der Waals surface area contributed by atoms with Crippen LogP contribution in [-0.4, -0.2) is 47.4 Å². The molecule has 0 aliphatic rings. The number of halogens is 3. The van der Waals surface area contributed by atoms with Crippen molar-refractivity contribution in [2.45, 2.75) is 19.4 Å². The fourth-order valence-electron chi connectivity index (χ4n) is 1.38. The van der Waals surface area contributed by atoms with Gasteiger partial charge in [0.1, 0.15) is 11.9 Å². The van der Waals surface area contributed by atoms with Crippen LogP contribution < -0.4 is 0 Å². The van der Waals surface area contributed by atoms with E-state index in [0.717, 1.165) is 4.90 Å². The summed E-state index contributed by atoms with van der Waals surface area (Å²) in [7, 11) is 0. The molecule has 0 saturated heterocycles. The van der Waals surface area contributed by atoms with Gasteiger partial charge >= 0.3 is 0 Å². The highest BCUT2D eigenvalue weighted by Crippen LogP contribution is 2.13. The zero-order valence-electron chi connectivity index (χ0n) is 10.7. The van der Waals surface area contributed by atoms with Crippen LogP contribution in [0.4, 0.5) is 8.78 Å². The topological polar surface area (TPSA) is 40.5 Å². The van der Waals surface area contributed by atoms with E-state index in [1.54, 1.807) is 25.2 Å². The SMILES string of the molecule is C=C/C(=C\C=C/C)CN(C(=O)CCl)[C@@H](CO)C(F)F. The summed E-state index contributed by atoms with van der Waals surface area (Å²) in [6, 6.07) is -1.57. The molecule has 0 aromatic rings. The van der Waals surface area contributed by atoms with Crippen LogP contribution in [0.15, 0.2) is 36.5 Å². The molecule has 0 saturated carbocycles. The van der Waals surface area contributed by atoms with Gasteiger partial charge in [-0.05, 0) is 12.5 Å². The highest BCUT2D eigenvalue weighted by atomic mass is 35.5. The summed E-state index contributed by atoms with van der Waals surface area (Å²) in [4.78, 5) is 12.5. The van der Waals surface area contributed by atoms with Crippen molar-refractivity contribution in [3.05, 3.63) is 36.5 Å². The molecule has 0 fully saturated rings. The predicted octanol–water partition coefficient (Wildman–Crippen LogP) is 2.37. The molecular weight excluding hydrogens is 276 g/mol. The smallest absolute Gasteiger partial charge is 0.260 e. The maximum atomic E-state index is 12.8. The van der Waals surface area contributed by atoms with Gasteiger partial charge < -0.3 is 10.0 Å². The van der Waals surface area contributed by atoms with Crippen LogP contribution >= 0.6 is 11.6 Å². The number of rotatable bonds is 8. The van der Waals surface area contributed by atoms with Crippen LogP contribution in [0.25, 0.3) is 0 Å². The molecule has 1 N–H and O–H groups in total. The number of aliphatic hydroxyl groups is 1. The quantitative estimate of drug-likeness (QED) is 0.551. The maximum Gasteiger partial charge on any atom is 0.260 e. The number of aliphatic hydroxyl groups excluding tert-OH is 1. The average Bonchev–Trinajstić information content (AvgIpc) is 2.40. The zero-order valence-corrected chi connectivity index (χ0v) is 11.5. The third-order valence-electron chi connectivity index (χ3n) is 2.43. The van der Waals surface area contributed by atoms with E-state index < -0.39 is 30.9 Å². The van der Waals surface area contributed by atoms with E-state index in [9.17, 15) is 13.6 Å². The van der Waals surface area contributed by atoms with E-state index >= 15 is 0 Å². The van der Waals surface area contributed by atoms with E-state index in [1.165, 1.54) is 6.08 Å². The van der Waals surface area contributed by atoms with Crippen LogP contribution in [0.1, 0.15) is 6.92 Å². The highest BCUT2D eigenvalue weighted by Gasteiger charge is 2.30. The van der Waals surface area contributed by atoms with Crippen molar-refractivity contribution in [3.8, 4) is 0 Å². The van der Waals surface area contributed by atoms with E-state index in [0.29, 0.717) is 5.57 Å². The van der Waals surface area contributed by atoms with Crippen LogP contribution in [0, 0.1) is 0 Å². The molecule has 0 aromatic carbocycles. The van der Waals surface area contributed by atoms with Gasteiger partial charge in [-0.25, -0.2) is 8.78 Å². The Labute approximate surface area is 116 Å². The van der Waals surface area contributed by atoms with Crippen LogP contribution in [0.3, 0.4) is 0 Å². The second-order valence-electron chi connectivity index (χ2n) is 3.71. The Hall–Kier alpha value is -1.20. The molecular formula is C13H18ClF2NO2. The van der Waals surface area contributed by atoms with Gasteiger partial charge in [-0.2, -0.15) is 0 Å². The Morgan fingerprint density at radius 1 is 1.53 bits per heavy atom. The monoisotopic (exact) mass is 293 g/mol. The van der Waals surface area contributed by atoms with Crippen molar-refractivity contribution in [2.24, 2.45) is 0 Å². The molecule has 6 heteroatoms. The molecule has 0 aliphatic heterocycles. The molecule has 0 radical (unpaired) electrons. The summed E-state index contributed by atoms with van der Waals surface area (Å²) < 4.78 is 25.6. The number of nitrogens with zero attached hydrogens (tertiary/aromatic N) is 1. The first kappa shape index (κ1) is 17.8. The molecule has 0 aliphatic carbocycles. The second-order valence-corrected chi connectivity index (χ2v) is 3.98. The lowest BCUT2D eigenvalue weighted by Gasteiger charge is -2.29. The van der Waals surface area contributed by atoms with Crippen LogP contribution in [0.2, 0.25) is 0 Å². The minimum atomic E-state index is -2.84. The van der Waals surface area contributed by atoms with Crippen LogP contribution in [0.5, 0.6) is 0 Å². The fourth-order valence-corrected chi connectivity index (χ4v) is 1.54. The first-order chi connectivity index (χ1) is 9.01. The van der Waals surface area contributed by atoms with Gasteiger partial charge in [0.2, 0.25) is 5.91 Å². The molecule has 0 heterocycles. The molecule has 1 atom stereocenters. The van der Waals surface area contributed by atoms with Gasteiger partial charge in [0.05, 0.1) is 6.61 Å². The lowest BCUT2D eigenvalue weighted by Crippen LogP contribution is -2.48. The van der Waals surface area contributed by atoms with Crippen molar-refractivity contribution in [1.29, 1.82) is 0 Å². The molecule has 1 amide bonds. The van der Waals surface area contributed by atoms with Gasteiger partial charge in [-0.15, -0.1) is 11.6 Å². The predicted molar refractivity (Wildman–Crippen MR) is 72.4 cm³/mol. The van der Waals surface area contributed by atoms with Crippen molar-refractivity contribution in [2.75, 3.05) is 19.0 Å². The number of amides is 1. The molecule has 0 spiro atoms. The van der Waals surface area contributed by atoms with Gasteiger partial charge in [-0.1, -0.05) is 30.9 Å². The number of hydrogen-bond donors (Lipinski definition) is 1. The number of carbonyl (C=O) groups is 1. The van der Waals surface area contributed by atoms with Crippen molar-refractivity contribution < 1.29 is 18.7 Å². The van der Waals surface area contributed by atoms with Gasteiger partial charge in [0.15, 0.2) is 0 Å². The Bertz CT molecular complexity index is 357. The maximum absolute atomic E-state index is 12.8. The minimum absolute atomic E-state index is 0.0744. The van der Waals surface area contributed by atoms with E-state index in [1.807, 2.05) is 0 Å². The third kappa shape index (κ3) is 5.98. The van der Waals surface area contributed by atoms with E-state index in [-0.39, 0.29) is 6.54 Å². The molecule has 19 heavy (non-hydrogen) atoms. The Balaban J connectivity index is 5.15. The molecule has 0 aromatic heterocycles. The number of carbonyl (C=O) groups excluding carboxylic acids is 1. The zero-order chi connectivity index (χ0) is 14.8. The second kappa shape index (κ2) is 9.69. The molecule has 0 unspecified atom stereocenters. The summed E-state index contributed by atoms with van der Waals surface area (Å²) in [5.41, 5.74) is 0.579. The molecule has 3 nitrogen and oxygen atoms in total. The summed E-state index contributed by atoms with van der Waals surface area (Å²) >= 11 is 5.41. The Kier molecular flexibility index (Phi) is 9.08. The van der Waals surface area contributed by atoms with Crippen LogP contribution in [-0.2, 0) is 4.79 Å². The minimum Gasteiger partial charge on any atom is -0.394 e. The third-order valence-corrected chi connectivity index (χ3v) is 2.66. The van der Waals surface area contributed by atoms with Crippen molar-refractivity contribution in [3.63, 3.8) is 0 Å². The summed E-state index contributed by atoms with van der Waals surface area (Å²) in [5.74, 6) is -1.08. The van der Waals surface area contributed by atoms with Crippen molar-refractivity contribution in [1.82, 2.24) is 4.90 Å². The number of allylic oxidation sites excluding steroid dienone is 3. The molecule has 108 valence electrons. The van der Waals surface area contributed by atoms with Crippen molar-refractivity contribution >= 4 is 17.5 Å². The van der Waals surface area contributed by atoms with Gasteiger partial charge in [0.25, 0.3) is 6.43 Å². The lowest BCUT2D eigenvalue weighted by molar-refractivity contribution is -0.135. The standard InChI is InChI=1S/C13H18ClF2NO2/c1-3-5-6-10(4-2)8-17(12(19)7-14)11(9-18)13(15)16/h3-6,11,13,18H,2,7-9H2,1H3/b5-3-,10-6+/t11-/m0/s1. The van der Waals surface area contributed by atoms with E-state index in [2.05, 4.69) is 6.58 Å².